The van der Waals surface area contributed by atoms with Crippen molar-refractivity contribution in [1.82, 2.24) is 15.5 Å². The molecule has 1 aliphatic heterocycles. The fourth-order valence-electron chi connectivity index (χ4n) is 2.92. The van der Waals surface area contributed by atoms with E-state index in [2.05, 4.69) is 10.6 Å². The molecule has 0 spiro atoms. The summed E-state index contributed by atoms with van der Waals surface area (Å²) in [5, 5.41) is 4.45. The highest BCUT2D eigenvalue weighted by atomic mass is 79.9. The van der Waals surface area contributed by atoms with Crippen molar-refractivity contribution < 1.29 is 14.4 Å². The Morgan fingerprint density at radius 2 is 1.55 bits per heavy atom. The number of imide groups is 2. The zero-order chi connectivity index (χ0) is 15.6. The van der Waals surface area contributed by atoms with Crippen molar-refractivity contribution in [3.05, 3.63) is 35.9 Å². The maximum absolute atomic E-state index is 12.5. The Labute approximate surface area is 140 Å². The first-order valence-corrected chi connectivity index (χ1v) is 6.76. The second-order valence-corrected chi connectivity index (χ2v) is 5.57. The van der Waals surface area contributed by atoms with Crippen molar-refractivity contribution in [2.24, 2.45) is 5.92 Å². The second-order valence-electron chi connectivity index (χ2n) is 5.57. The molecule has 1 aliphatic rings. The highest BCUT2D eigenvalue weighted by Crippen LogP contribution is 2.35. The van der Waals surface area contributed by atoms with E-state index in [1.54, 1.807) is 24.3 Å². The van der Waals surface area contributed by atoms with Crippen LogP contribution in [0, 0.1) is 5.92 Å². The molecule has 1 aromatic rings. The summed E-state index contributed by atoms with van der Waals surface area (Å²) in [5.74, 6) is -1.45. The maximum Gasteiger partial charge on any atom is 0.328 e. The number of rotatable bonds is 4. The van der Waals surface area contributed by atoms with Gasteiger partial charge in [0.1, 0.15) is 0 Å². The summed E-state index contributed by atoms with van der Waals surface area (Å²) in [6, 6.07) is 8.07. The van der Waals surface area contributed by atoms with E-state index < -0.39 is 23.3 Å². The van der Waals surface area contributed by atoms with Gasteiger partial charge in [0.25, 0.3) is 0 Å². The lowest BCUT2D eigenvalue weighted by Gasteiger charge is -2.39. The van der Waals surface area contributed by atoms with Gasteiger partial charge in [0.05, 0.1) is 0 Å². The standard InChI is InChI=1S/C15H19N3O3.BrH/c1-10(9-18(2)3)15(11-7-5-4-6-8-11)12(19)16-14(21)17-13(15)20;/h4-8,10H,9H2,1-3H3,(H2,16,17,19,20,21);1H. The molecule has 22 heavy (non-hydrogen) atoms. The van der Waals surface area contributed by atoms with Crippen LogP contribution in [0.2, 0.25) is 0 Å². The molecule has 1 fully saturated rings. The zero-order valence-electron chi connectivity index (χ0n) is 12.8. The summed E-state index contributed by atoms with van der Waals surface area (Å²) < 4.78 is 0. The zero-order valence-corrected chi connectivity index (χ0v) is 14.5. The van der Waals surface area contributed by atoms with Crippen LogP contribution in [0.4, 0.5) is 4.79 Å². The Balaban J connectivity index is 0.00000242. The molecule has 0 radical (unpaired) electrons. The molecule has 4 amide bonds. The molecule has 2 N–H and O–H groups in total. The van der Waals surface area contributed by atoms with Gasteiger partial charge in [-0.3, -0.25) is 20.2 Å². The highest BCUT2D eigenvalue weighted by Gasteiger charge is 2.55. The molecular weight excluding hydrogens is 350 g/mol. The first-order valence-electron chi connectivity index (χ1n) is 6.76. The van der Waals surface area contributed by atoms with Crippen LogP contribution in [-0.4, -0.2) is 43.4 Å². The summed E-state index contributed by atoms with van der Waals surface area (Å²) in [6.45, 7) is 2.37. The average molecular weight is 370 g/mol. The molecule has 1 heterocycles. The van der Waals surface area contributed by atoms with Crippen LogP contribution in [0.3, 0.4) is 0 Å². The van der Waals surface area contributed by atoms with E-state index in [9.17, 15) is 14.4 Å². The van der Waals surface area contributed by atoms with Crippen LogP contribution < -0.4 is 10.6 Å². The van der Waals surface area contributed by atoms with Gasteiger partial charge in [-0.25, -0.2) is 4.79 Å². The second kappa shape index (κ2) is 7.02. The third-order valence-corrected chi connectivity index (χ3v) is 3.78. The van der Waals surface area contributed by atoms with Crippen LogP contribution in [0.5, 0.6) is 0 Å². The van der Waals surface area contributed by atoms with Crippen molar-refractivity contribution in [2.45, 2.75) is 12.3 Å². The van der Waals surface area contributed by atoms with E-state index in [-0.39, 0.29) is 22.9 Å². The smallest absolute Gasteiger partial charge is 0.309 e. The fraction of sp³-hybridized carbons (Fsp3) is 0.400. The van der Waals surface area contributed by atoms with Gasteiger partial charge in [-0.2, -0.15) is 0 Å². The normalized spacial score (nSPS) is 18.3. The van der Waals surface area contributed by atoms with Crippen molar-refractivity contribution in [3.8, 4) is 0 Å². The van der Waals surface area contributed by atoms with Crippen LogP contribution in [0.1, 0.15) is 12.5 Å². The van der Waals surface area contributed by atoms with Crippen LogP contribution >= 0.6 is 17.0 Å². The van der Waals surface area contributed by atoms with Crippen LogP contribution in [-0.2, 0) is 15.0 Å². The Kier molecular flexibility index (Phi) is 5.85. The molecule has 1 saturated heterocycles. The molecule has 1 unspecified atom stereocenters. The summed E-state index contributed by atoms with van der Waals surface area (Å²) >= 11 is 0. The minimum absolute atomic E-state index is 0. The van der Waals surface area contributed by atoms with E-state index in [0.29, 0.717) is 12.1 Å². The third-order valence-electron chi connectivity index (χ3n) is 3.78. The first-order chi connectivity index (χ1) is 9.88. The molecule has 1 aromatic carbocycles. The van der Waals surface area contributed by atoms with Crippen molar-refractivity contribution in [1.29, 1.82) is 0 Å². The third kappa shape index (κ3) is 3.05. The molecule has 0 aromatic heterocycles. The summed E-state index contributed by atoms with van der Waals surface area (Å²) in [6.07, 6.45) is 0. The number of hydrogen-bond acceptors (Lipinski definition) is 4. The number of amides is 4. The maximum atomic E-state index is 12.5. The number of carbonyl (C=O) groups excluding carboxylic acids is 3. The number of halogens is 1. The van der Waals surface area contributed by atoms with Gasteiger partial charge < -0.3 is 4.90 Å². The molecule has 0 bridgehead atoms. The van der Waals surface area contributed by atoms with E-state index >= 15 is 0 Å². The van der Waals surface area contributed by atoms with Crippen molar-refractivity contribution >= 4 is 34.8 Å². The largest absolute Gasteiger partial charge is 0.328 e. The van der Waals surface area contributed by atoms with Gasteiger partial charge in [-0.15, -0.1) is 17.0 Å². The summed E-state index contributed by atoms with van der Waals surface area (Å²) in [7, 11) is 3.75. The van der Waals surface area contributed by atoms with Gasteiger partial charge in [0, 0.05) is 6.54 Å². The van der Waals surface area contributed by atoms with E-state index in [1.807, 2.05) is 32.0 Å². The molecule has 0 saturated carbocycles. The van der Waals surface area contributed by atoms with Gasteiger partial charge in [0.2, 0.25) is 11.8 Å². The molecule has 2 rings (SSSR count). The Morgan fingerprint density at radius 1 is 1.05 bits per heavy atom. The molecule has 120 valence electrons. The predicted octanol–water partition coefficient (Wildman–Crippen LogP) is 1.07. The minimum atomic E-state index is -1.40. The van der Waals surface area contributed by atoms with Gasteiger partial charge in [0.15, 0.2) is 5.41 Å². The van der Waals surface area contributed by atoms with Gasteiger partial charge in [-0.1, -0.05) is 37.3 Å². The topological polar surface area (TPSA) is 78.5 Å². The minimum Gasteiger partial charge on any atom is -0.309 e. The molecule has 7 heteroatoms. The lowest BCUT2D eigenvalue weighted by atomic mass is 9.68. The fourth-order valence-corrected chi connectivity index (χ4v) is 2.92. The number of hydrogen-bond donors (Lipinski definition) is 2. The number of benzene rings is 1. The Hall–Kier alpha value is -1.73. The van der Waals surface area contributed by atoms with Crippen LogP contribution in [0.25, 0.3) is 0 Å². The summed E-state index contributed by atoms with van der Waals surface area (Å²) in [5.41, 5.74) is -0.818. The quantitative estimate of drug-likeness (QED) is 0.778. The lowest BCUT2D eigenvalue weighted by molar-refractivity contribution is -0.141. The SMILES string of the molecule is Br.CC(CN(C)C)C1(c2ccccc2)C(=O)NC(=O)NC1=O. The van der Waals surface area contributed by atoms with Gasteiger partial charge >= 0.3 is 6.03 Å². The van der Waals surface area contributed by atoms with E-state index in [1.165, 1.54) is 0 Å². The Morgan fingerprint density at radius 3 is 2.00 bits per heavy atom. The summed E-state index contributed by atoms with van der Waals surface area (Å²) in [4.78, 5) is 38.4. The van der Waals surface area contributed by atoms with Gasteiger partial charge in [-0.05, 0) is 25.6 Å². The number of carbonyl (C=O) groups is 3. The molecular formula is C15H20BrN3O3. The number of urea groups is 1. The molecule has 1 atom stereocenters. The predicted molar refractivity (Wildman–Crippen MR) is 87.8 cm³/mol. The average Bonchev–Trinajstić information content (AvgIpc) is 2.38. The van der Waals surface area contributed by atoms with Crippen molar-refractivity contribution in [2.75, 3.05) is 20.6 Å². The Bertz CT molecular complexity index is 555. The van der Waals surface area contributed by atoms with Crippen LogP contribution in [0.15, 0.2) is 30.3 Å². The molecule has 0 aliphatic carbocycles. The number of nitrogens with zero attached hydrogens (tertiary/aromatic N) is 1. The molecule has 6 nitrogen and oxygen atoms in total. The monoisotopic (exact) mass is 369 g/mol. The number of barbiturate groups is 1. The van der Waals surface area contributed by atoms with E-state index in [4.69, 9.17) is 0 Å². The number of nitrogens with one attached hydrogen (secondary N) is 2. The first kappa shape index (κ1) is 18.3. The van der Waals surface area contributed by atoms with Crippen molar-refractivity contribution in [3.63, 3.8) is 0 Å². The lowest BCUT2D eigenvalue weighted by Crippen LogP contribution is -2.67. The van der Waals surface area contributed by atoms with E-state index in [0.717, 1.165) is 0 Å². The highest BCUT2D eigenvalue weighted by molar-refractivity contribution is 8.93.